The van der Waals surface area contributed by atoms with Crippen LogP contribution >= 0.6 is 15.9 Å². The lowest BCUT2D eigenvalue weighted by atomic mass is 10.1. The van der Waals surface area contributed by atoms with Crippen molar-refractivity contribution in [2.45, 2.75) is 53.1 Å². The number of sulfonamides is 1. The minimum atomic E-state index is -3.51. The highest BCUT2D eigenvalue weighted by Crippen LogP contribution is 2.20. The van der Waals surface area contributed by atoms with E-state index in [0.29, 0.717) is 24.6 Å². The third-order valence-electron chi connectivity index (χ3n) is 5.56. The topological polar surface area (TPSA) is 86.8 Å². The number of hydrogen-bond donors (Lipinski definition) is 1. The average molecular weight is 567 g/mol. The number of carbonyl (C=O) groups is 2. The number of rotatable bonds is 12. The van der Waals surface area contributed by atoms with Crippen molar-refractivity contribution in [3.05, 3.63) is 64.1 Å². The van der Waals surface area contributed by atoms with Gasteiger partial charge < -0.3 is 10.2 Å². The summed E-state index contributed by atoms with van der Waals surface area (Å²) in [6, 6.07) is 14.2. The first-order valence-electron chi connectivity index (χ1n) is 11.7. The number of aryl methyl sites for hydroxylation is 1. The molecule has 9 heteroatoms. The van der Waals surface area contributed by atoms with Gasteiger partial charge >= 0.3 is 0 Å². The van der Waals surface area contributed by atoms with E-state index >= 15 is 0 Å². The average Bonchev–Trinajstić information content (AvgIpc) is 2.78. The molecule has 0 aromatic heterocycles. The third kappa shape index (κ3) is 9.29. The lowest BCUT2D eigenvalue weighted by Crippen LogP contribution is -2.48. The molecular formula is C26H36BrN3O4S. The quantitative estimate of drug-likeness (QED) is 0.410. The van der Waals surface area contributed by atoms with Gasteiger partial charge in [0, 0.05) is 30.5 Å². The van der Waals surface area contributed by atoms with E-state index in [1.165, 1.54) is 4.31 Å². The Hall–Kier alpha value is -2.39. The first kappa shape index (κ1) is 28.8. The van der Waals surface area contributed by atoms with Gasteiger partial charge in [-0.15, -0.1) is 0 Å². The predicted octanol–water partition coefficient (Wildman–Crippen LogP) is 4.49. The standard InChI is InChI=1S/C26H36BrN3O4S/c1-19(2)17-28-26(32)21(4)29(18-22-11-13-23(27)14-12-22)25(31)10-7-15-30(35(5,33)34)24-9-6-8-20(3)16-24/h6,8-9,11-14,16,19,21H,7,10,15,17-18H2,1-5H3,(H,28,32)/t21-/m1/s1. The first-order valence-corrected chi connectivity index (χ1v) is 14.4. The van der Waals surface area contributed by atoms with Crippen molar-refractivity contribution in [3.63, 3.8) is 0 Å². The van der Waals surface area contributed by atoms with Gasteiger partial charge in [0.2, 0.25) is 21.8 Å². The van der Waals surface area contributed by atoms with Crippen LogP contribution in [0.2, 0.25) is 0 Å². The Kier molecular flexibility index (Phi) is 10.8. The minimum Gasteiger partial charge on any atom is -0.354 e. The van der Waals surface area contributed by atoms with Crippen LogP contribution in [0.5, 0.6) is 0 Å². The van der Waals surface area contributed by atoms with E-state index in [9.17, 15) is 18.0 Å². The molecule has 2 aromatic rings. The summed E-state index contributed by atoms with van der Waals surface area (Å²) in [6.07, 6.45) is 1.62. The summed E-state index contributed by atoms with van der Waals surface area (Å²) in [7, 11) is -3.51. The van der Waals surface area contributed by atoms with Gasteiger partial charge in [-0.1, -0.05) is 54.0 Å². The Morgan fingerprint density at radius 3 is 2.29 bits per heavy atom. The molecule has 0 aliphatic heterocycles. The van der Waals surface area contributed by atoms with E-state index in [1.807, 2.05) is 63.2 Å². The Labute approximate surface area is 218 Å². The largest absolute Gasteiger partial charge is 0.354 e. The maximum atomic E-state index is 13.3. The zero-order valence-electron chi connectivity index (χ0n) is 21.1. The van der Waals surface area contributed by atoms with Crippen LogP contribution < -0.4 is 9.62 Å². The summed E-state index contributed by atoms with van der Waals surface area (Å²) in [4.78, 5) is 27.6. The van der Waals surface area contributed by atoms with E-state index < -0.39 is 16.1 Å². The van der Waals surface area contributed by atoms with Crippen LogP contribution in [-0.2, 0) is 26.2 Å². The fourth-order valence-electron chi connectivity index (χ4n) is 3.61. The highest BCUT2D eigenvalue weighted by atomic mass is 79.9. The highest BCUT2D eigenvalue weighted by molar-refractivity contribution is 9.10. The van der Waals surface area contributed by atoms with Crippen molar-refractivity contribution in [2.75, 3.05) is 23.7 Å². The van der Waals surface area contributed by atoms with Gasteiger partial charge in [0.25, 0.3) is 0 Å². The van der Waals surface area contributed by atoms with Gasteiger partial charge in [-0.05, 0) is 61.6 Å². The van der Waals surface area contributed by atoms with E-state index in [-0.39, 0.29) is 31.3 Å². The van der Waals surface area contributed by atoms with Crippen LogP contribution in [0.4, 0.5) is 5.69 Å². The molecule has 0 bridgehead atoms. The van der Waals surface area contributed by atoms with Crippen molar-refractivity contribution >= 4 is 43.5 Å². The van der Waals surface area contributed by atoms with Crippen LogP contribution in [-0.4, -0.2) is 50.5 Å². The van der Waals surface area contributed by atoms with Gasteiger partial charge in [-0.3, -0.25) is 13.9 Å². The molecule has 7 nitrogen and oxygen atoms in total. The molecule has 0 aliphatic rings. The number of anilines is 1. The normalized spacial score (nSPS) is 12.3. The molecule has 1 N–H and O–H groups in total. The molecule has 0 fully saturated rings. The SMILES string of the molecule is Cc1cccc(N(CCCC(=O)N(Cc2ccc(Br)cc2)[C@H](C)C(=O)NCC(C)C)S(C)(=O)=O)c1. The zero-order valence-corrected chi connectivity index (χ0v) is 23.5. The zero-order chi connectivity index (χ0) is 26.2. The van der Waals surface area contributed by atoms with Crippen LogP contribution in [0.3, 0.4) is 0 Å². The maximum Gasteiger partial charge on any atom is 0.242 e. The lowest BCUT2D eigenvalue weighted by Gasteiger charge is -2.29. The molecule has 0 heterocycles. The van der Waals surface area contributed by atoms with Crippen LogP contribution in [0.1, 0.15) is 44.7 Å². The van der Waals surface area contributed by atoms with Gasteiger partial charge in [-0.25, -0.2) is 8.42 Å². The van der Waals surface area contributed by atoms with Crippen molar-refractivity contribution in [1.29, 1.82) is 0 Å². The number of amides is 2. The fraction of sp³-hybridized carbons (Fsp3) is 0.462. The molecule has 0 saturated carbocycles. The first-order chi connectivity index (χ1) is 16.4. The Balaban J connectivity index is 2.15. The van der Waals surface area contributed by atoms with Crippen LogP contribution in [0.15, 0.2) is 53.0 Å². The number of benzene rings is 2. The summed E-state index contributed by atoms with van der Waals surface area (Å²) in [5.74, 6) is -0.107. The summed E-state index contributed by atoms with van der Waals surface area (Å²) in [5.41, 5.74) is 2.44. The van der Waals surface area contributed by atoms with Gasteiger partial charge in [0.05, 0.1) is 11.9 Å². The summed E-state index contributed by atoms with van der Waals surface area (Å²) < 4.78 is 27.1. The molecule has 0 aliphatic carbocycles. The molecule has 2 rings (SSSR count). The summed E-state index contributed by atoms with van der Waals surface area (Å²) in [5, 5.41) is 2.91. The molecule has 1 atom stereocenters. The number of nitrogens with one attached hydrogen (secondary N) is 1. The van der Waals surface area contributed by atoms with Crippen molar-refractivity contribution in [2.24, 2.45) is 5.92 Å². The molecule has 35 heavy (non-hydrogen) atoms. The van der Waals surface area contributed by atoms with Crippen molar-refractivity contribution in [3.8, 4) is 0 Å². The van der Waals surface area contributed by atoms with E-state index in [1.54, 1.807) is 17.9 Å². The summed E-state index contributed by atoms with van der Waals surface area (Å²) >= 11 is 3.42. The van der Waals surface area contributed by atoms with Gasteiger partial charge in [-0.2, -0.15) is 0 Å². The molecular weight excluding hydrogens is 530 g/mol. The number of halogens is 1. The third-order valence-corrected chi connectivity index (χ3v) is 7.28. The molecule has 0 radical (unpaired) electrons. The Morgan fingerprint density at radius 1 is 1.06 bits per heavy atom. The molecule has 0 spiro atoms. The Morgan fingerprint density at radius 2 is 1.71 bits per heavy atom. The fourth-order valence-corrected chi connectivity index (χ4v) is 4.83. The second kappa shape index (κ2) is 13.1. The number of carbonyl (C=O) groups excluding carboxylic acids is 2. The Bertz CT molecular complexity index is 1100. The van der Waals surface area contributed by atoms with E-state index in [2.05, 4.69) is 21.2 Å². The van der Waals surface area contributed by atoms with Crippen LogP contribution in [0.25, 0.3) is 0 Å². The molecule has 0 unspecified atom stereocenters. The second-order valence-electron chi connectivity index (χ2n) is 9.24. The number of nitrogens with zero attached hydrogens (tertiary/aromatic N) is 2. The summed E-state index contributed by atoms with van der Waals surface area (Å²) in [6.45, 7) is 8.64. The monoisotopic (exact) mass is 565 g/mol. The highest BCUT2D eigenvalue weighted by Gasteiger charge is 2.26. The maximum absolute atomic E-state index is 13.3. The molecule has 2 amide bonds. The number of hydrogen-bond acceptors (Lipinski definition) is 4. The smallest absolute Gasteiger partial charge is 0.242 e. The van der Waals surface area contributed by atoms with Crippen molar-refractivity contribution in [1.82, 2.24) is 10.2 Å². The lowest BCUT2D eigenvalue weighted by molar-refractivity contribution is -0.140. The second-order valence-corrected chi connectivity index (χ2v) is 12.1. The van der Waals surface area contributed by atoms with E-state index in [4.69, 9.17) is 0 Å². The van der Waals surface area contributed by atoms with E-state index in [0.717, 1.165) is 21.9 Å². The molecule has 0 saturated heterocycles. The van der Waals surface area contributed by atoms with Gasteiger partial charge in [0.1, 0.15) is 6.04 Å². The van der Waals surface area contributed by atoms with Crippen molar-refractivity contribution < 1.29 is 18.0 Å². The van der Waals surface area contributed by atoms with Gasteiger partial charge in [0.15, 0.2) is 0 Å². The molecule has 192 valence electrons. The minimum absolute atomic E-state index is 0.121. The van der Waals surface area contributed by atoms with Crippen LogP contribution in [0, 0.1) is 12.8 Å². The predicted molar refractivity (Wildman–Crippen MR) is 145 cm³/mol. The molecule has 2 aromatic carbocycles.